The van der Waals surface area contributed by atoms with Gasteiger partial charge in [0, 0.05) is 54.3 Å². The minimum atomic E-state index is -0.312. The molecule has 0 unspecified atom stereocenters. The van der Waals surface area contributed by atoms with Crippen molar-refractivity contribution in [1.29, 1.82) is 0 Å². The largest absolute Gasteiger partial charge is 0.309 e. The zero-order valence-corrected chi connectivity index (χ0v) is 38.2. The topological polar surface area (TPSA) is 58.4 Å². The van der Waals surface area contributed by atoms with Crippen molar-refractivity contribution in [3.8, 4) is 45.8 Å². The van der Waals surface area contributed by atoms with Crippen LogP contribution in [0.1, 0.15) is 0 Å². The van der Waals surface area contributed by atoms with E-state index < -0.39 is 0 Å². The van der Waals surface area contributed by atoms with E-state index in [0.717, 1.165) is 110 Å². The molecule has 5 heterocycles. The predicted octanol–water partition coefficient (Wildman–Crippen LogP) is 15.9. The Morgan fingerprint density at radius 2 is 0.792 bits per heavy atom. The summed E-state index contributed by atoms with van der Waals surface area (Å²) < 4.78 is 39.5. The molecule has 0 aliphatic heterocycles. The van der Waals surface area contributed by atoms with E-state index in [1.165, 1.54) is 12.1 Å². The number of nitrogens with zero attached hydrogens (tertiary/aromatic N) is 7. The second-order valence-corrected chi connectivity index (χ2v) is 18.3. The number of aromatic nitrogens is 7. The van der Waals surface area contributed by atoms with Crippen LogP contribution in [0.3, 0.4) is 0 Å². The molecule has 72 heavy (non-hydrogen) atoms. The second kappa shape index (κ2) is 15.4. The van der Waals surface area contributed by atoms with Gasteiger partial charge in [-0.25, -0.2) is 8.78 Å². The number of halogens is 2. The summed E-state index contributed by atoms with van der Waals surface area (Å²) in [6.07, 6.45) is 0. The van der Waals surface area contributed by atoms with Gasteiger partial charge in [-0.3, -0.25) is 9.13 Å². The summed E-state index contributed by atoms with van der Waals surface area (Å²) in [7, 11) is 0. The van der Waals surface area contributed by atoms with Gasteiger partial charge in [0.2, 0.25) is 11.9 Å². The van der Waals surface area contributed by atoms with Crippen LogP contribution >= 0.6 is 0 Å². The Labute approximate surface area is 409 Å². The summed E-state index contributed by atoms with van der Waals surface area (Å²) in [6.45, 7) is 0. The first-order valence-corrected chi connectivity index (χ1v) is 23.9. The van der Waals surface area contributed by atoms with Crippen molar-refractivity contribution in [3.63, 3.8) is 0 Å². The third-order valence-electron chi connectivity index (χ3n) is 14.4. The second-order valence-electron chi connectivity index (χ2n) is 18.3. The number of rotatable bonds is 6. The van der Waals surface area contributed by atoms with Gasteiger partial charge >= 0.3 is 0 Å². The molecule has 0 spiro atoms. The predicted molar refractivity (Wildman–Crippen MR) is 288 cm³/mol. The highest BCUT2D eigenvalue weighted by atomic mass is 19.1. The van der Waals surface area contributed by atoms with Crippen molar-refractivity contribution >= 4 is 87.2 Å². The molecule has 5 aromatic heterocycles. The minimum absolute atomic E-state index is 0.299. The van der Waals surface area contributed by atoms with E-state index in [0.29, 0.717) is 23.4 Å². The molecular weight excluding hydrogens is 893 g/mol. The average Bonchev–Trinajstić information content (AvgIpc) is 4.16. The molecule has 0 fully saturated rings. The van der Waals surface area contributed by atoms with Gasteiger partial charge in [0.05, 0.1) is 49.8 Å². The van der Waals surface area contributed by atoms with Crippen LogP contribution in [0, 0.1) is 11.6 Å². The zero-order chi connectivity index (χ0) is 47.6. The van der Waals surface area contributed by atoms with Crippen LogP contribution in [0.2, 0.25) is 0 Å². The molecule has 0 aliphatic carbocycles. The summed E-state index contributed by atoms with van der Waals surface area (Å²) >= 11 is 0. The van der Waals surface area contributed by atoms with Gasteiger partial charge in [-0.1, -0.05) is 152 Å². The number of fused-ring (bicyclic) bond motifs is 14. The lowest BCUT2D eigenvalue weighted by molar-refractivity contribution is 0.621. The van der Waals surface area contributed by atoms with Gasteiger partial charge in [0.25, 0.3) is 0 Å². The van der Waals surface area contributed by atoms with E-state index in [2.05, 4.69) is 140 Å². The van der Waals surface area contributed by atoms with Crippen molar-refractivity contribution in [2.45, 2.75) is 0 Å². The lowest BCUT2D eigenvalue weighted by Gasteiger charge is -2.13. The molecule has 0 bridgehead atoms. The lowest BCUT2D eigenvalue weighted by Crippen LogP contribution is -2.10. The summed E-state index contributed by atoms with van der Waals surface area (Å²) in [5, 5.41) is 8.11. The van der Waals surface area contributed by atoms with Crippen molar-refractivity contribution in [3.05, 3.63) is 236 Å². The van der Waals surface area contributed by atoms with Crippen LogP contribution in [-0.4, -0.2) is 33.2 Å². The molecular formula is C63H37F2N7. The Balaban J connectivity index is 1.05. The van der Waals surface area contributed by atoms with Gasteiger partial charge < -0.3 is 9.13 Å². The first-order valence-electron chi connectivity index (χ1n) is 23.9. The number of hydrogen-bond donors (Lipinski definition) is 0. The molecule has 0 aliphatic rings. The standard InChI is InChI=1S/C63H37F2N7/c64-41-17-14-18-42(37-41)69-50-25-10-5-20-45(50)57-54(69)35-36-55-58(57)46-21-6-11-26-51(46)71(55)62-66-61(40-31-29-39(30-32-40)38-15-2-1-3-16-38)67-63(68-62)72-52-27-12-7-22-47(52)59-56(72)34-33-44-43-19-4-9-24-49(43)70(60(44)59)53-28-13-8-23-48(53)65/h1-37H. The minimum Gasteiger partial charge on any atom is -0.309 e. The highest BCUT2D eigenvalue weighted by Crippen LogP contribution is 2.44. The summed E-state index contributed by atoms with van der Waals surface area (Å²) in [4.78, 5) is 16.3. The summed E-state index contributed by atoms with van der Waals surface area (Å²) in [5.74, 6) is 0.752. The van der Waals surface area contributed by atoms with E-state index in [-0.39, 0.29) is 11.6 Å². The van der Waals surface area contributed by atoms with E-state index in [1.807, 2.05) is 72.8 Å². The molecule has 338 valence electrons. The van der Waals surface area contributed by atoms with Crippen LogP contribution in [0.5, 0.6) is 0 Å². The molecule has 15 aromatic rings. The molecule has 0 saturated heterocycles. The first kappa shape index (κ1) is 40.2. The fraction of sp³-hybridized carbons (Fsp3) is 0. The van der Waals surface area contributed by atoms with Gasteiger partial charge in [-0.2, -0.15) is 15.0 Å². The maximum Gasteiger partial charge on any atom is 0.240 e. The number of benzene rings is 10. The zero-order valence-electron chi connectivity index (χ0n) is 38.2. The Morgan fingerprint density at radius 1 is 0.306 bits per heavy atom. The Morgan fingerprint density at radius 3 is 1.43 bits per heavy atom. The van der Waals surface area contributed by atoms with Crippen LogP contribution in [0.4, 0.5) is 8.78 Å². The van der Waals surface area contributed by atoms with Crippen molar-refractivity contribution in [2.75, 3.05) is 0 Å². The maximum atomic E-state index is 16.1. The molecule has 15 rings (SSSR count). The van der Waals surface area contributed by atoms with Crippen LogP contribution in [0.25, 0.3) is 133 Å². The van der Waals surface area contributed by atoms with Gasteiger partial charge in [0.15, 0.2) is 5.82 Å². The van der Waals surface area contributed by atoms with E-state index in [9.17, 15) is 4.39 Å². The lowest BCUT2D eigenvalue weighted by atomic mass is 10.0. The van der Waals surface area contributed by atoms with Gasteiger partial charge in [-0.05, 0) is 83.9 Å². The van der Waals surface area contributed by atoms with Crippen LogP contribution in [-0.2, 0) is 0 Å². The third kappa shape index (κ3) is 5.79. The average molecular weight is 930 g/mol. The van der Waals surface area contributed by atoms with Crippen LogP contribution in [0.15, 0.2) is 224 Å². The molecule has 10 aromatic carbocycles. The molecule has 0 atom stereocenters. The van der Waals surface area contributed by atoms with E-state index in [1.54, 1.807) is 18.2 Å². The number of para-hydroxylation sites is 5. The maximum absolute atomic E-state index is 16.1. The number of hydrogen-bond acceptors (Lipinski definition) is 3. The summed E-state index contributed by atoms with van der Waals surface area (Å²) in [6, 6.07) is 74.1. The van der Waals surface area contributed by atoms with E-state index in [4.69, 9.17) is 15.0 Å². The molecule has 7 nitrogen and oxygen atoms in total. The third-order valence-corrected chi connectivity index (χ3v) is 14.4. The van der Waals surface area contributed by atoms with Crippen molar-refractivity contribution in [1.82, 2.24) is 33.2 Å². The Kier molecular flexibility index (Phi) is 8.59. The van der Waals surface area contributed by atoms with Crippen molar-refractivity contribution < 1.29 is 8.78 Å². The van der Waals surface area contributed by atoms with Gasteiger partial charge in [-0.15, -0.1) is 0 Å². The molecule has 0 N–H and O–H groups in total. The quantitative estimate of drug-likeness (QED) is 0.167. The molecule has 0 amide bonds. The smallest absolute Gasteiger partial charge is 0.240 e. The normalized spacial score (nSPS) is 12.0. The molecule has 0 radical (unpaired) electrons. The fourth-order valence-corrected chi connectivity index (χ4v) is 11.4. The van der Waals surface area contributed by atoms with Crippen LogP contribution < -0.4 is 0 Å². The Hall–Kier alpha value is -9.73. The Bertz CT molecular complexity index is 4710. The first-order chi connectivity index (χ1) is 35.6. The van der Waals surface area contributed by atoms with E-state index >= 15 is 4.39 Å². The monoisotopic (exact) mass is 929 g/mol. The SMILES string of the molecule is Fc1cccc(-n2c3ccccc3c3c4c5ccccc5n(-c5nc(-c6ccc(-c7ccccc7)cc6)nc(-n6c7ccccc7c7c6ccc6c8ccccc8n(-c8ccccc8F)c67)n5)c4ccc32)c1. The highest BCUT2D eigenvalue weighted by Gasteiger charge is 2.26. The summed E-state index contributed by atoms with van der Waals surface area (Å²) in [5.41, 5.74) is 11.5. The van der Waals surface area contributed by atoms with Gasteiger partial charge in [0.1, 0.15) is 11.6 Å². The molecule has 0 saturated carbocycles. The fourth-order valence-electron chi connectivity index (χ4n) is 11.4. The molecule has 9 heteroatoms. The van der Waals surface area contributed by atoms with Crippen molar-refractivity contribution in [2.24, 2.45) is 0 Å². The highest BCUT2D eigenvalue weighted by molar-refractivity contribution is 6.29.